The van der Waals surface area contributed by atoms with Crippen LogP contribution in [0.2, 0.25) is 0 Å². The third kappa shape index (κ3) is 3.77. The van der Waals surface area contributed by atoms with Crippen LogP contribution in [-0.4, -0.2) is 57.4 Å². The van der Waals surface area contributed by atoms with Gasteiger partial charge in [0.2, 0.25) is 11.0 Å². The van der Waals surface area contributed by atoms with Crippen molar-refractivity contribution in [2.75, 3.05) is 31.1 Å². The molecule has 0 bridgehead atoms. The molecular formula is C16H16N4O3S. The molecule has 0 spiro atoms. The number of carbonyl (C=O) groups excluding carboxylic acids is 1. The predicted molar refractivity (Wildman–Crippen MR) is 90.9 cm³/mol. The summed E-state index contributed by atoms with van der Waals surface area (Å²) >= 11 is 1.34. The average Bonchev–Trinajstić information content (AvgIpc) is 3.10. The number of aliphatic carboxylic acids is 1. The molecule has 8 heteroatoms. The van der Waals surface area contributed by atoms with Crippen molar-refractivity contribution in [3.63, 3.8) is 0 Å². The highest BCUT2D eigenvalue weighted by Gasteiger charge is 2.22. The summed E-state index contributed by atoms with van der Waals surface area (Å²) in [6.07, 6.45) is 1.96. The highest BCUT2D eigenvalue weighted by Crippen LogP contribution is 2.24. The van der Waals surface area contributed by atoms with Crippen molar-refractivity contribution in [3.8, 4) is 11.4 Å². The number of carboxylic acids is 1. The highest BCUT2D eigenvalue weighted by atomic mass is 32.1. The number of hydrogen-bond donors (Lipinski definition) is 1. The molecule has 1 saturated heterocycles. The largest absolute Gasteiger partial charge is 0.478 e. The topological polar surface area (TPSA) is 86.6 Å². The van der Waals surface area contributed by atoms with Gasteiger partial charge in [0.25, 0.3) is 0 Å². The molecule has 124 valence electrons. The van der Waals surface area contributed by atoms with Gasteiger partial charge >= 0.3 is 5.97 Å². The first-order valence-corrected chi connectivity index (χ1v) is 8.25. The molecule has 24 heavy (non-hydrogen) atoms. The van der Waals surface area contributed by atoms with Crippen LogP contribution in [0.5, 0.6) is 0 Å². The number of piperazine rings is 1. The van der Waals surface area contributed by atoms with Crippen LogP contribution in [0.3, 0.4) is 0 Å². The number of hydrogen-bond acceptors (Lipinski definition) is 6. The Morgan fingerprint density at radius 2 is 1.79 bits per heavy atom. The zero-order valence-corrected chi connectivity index (χ0v) is 13.6. The van der Waals surface area contributed by atoms with Gasteiger partial charge in [-0.05, 0) is 0 Å². The van der Waals surface area contributed by atoms with Gasteiger partial charge in [0.05, 0.1) is 0 Å². The molecule has 0 saturated carbocycles. The summed E-state index contributed by atoms with van der Waals surface area (Å²) in [6, 6.07) is 9.79. The molecule has 2 aromatic rings. The maximum Gasteiger partial charge on any atom is 0.328 e. The number of carboxylic acid groups (broad SMARTS) is 1. The predicted octanol–water partition coefficient (Wildman–Crippen LogP) is 1.49. The second-order valence-electron chi connectivity index (χ2n) is 5.25. The van der Waals surface area contributed by atoms with Gasteiger partial charge in [0.1, 0.15) is 0 Å². The maximum atomic E-state index is 11.9. The third-order valence-corrected chi connectivity index (χ3v) is 4.45. The van der Waals surface area contributed by atoms with Gasteiger partial charge in [0.15, 0.2) is 5.82 Å². The fourth-order valence-electron chi connectivity index (χ4n) is 2.41. The monoisotopic (exact) mass is 344 g/mol. The van der Waals surface area contributed by atoms with Crippen molar-refractivity contribution in [3.05, 3.63) is 42.5 Å². The van der Waals surface area contributed by atoms with Crippen LogP contribution >= 0.6 is 11.5 Å². The molecule has 1 aromatic carbocycles. The van der Waals surface area contributed by atoms with Crippen LogP contribution < -0.4 is 4.90 Å². The number of aromatic nitrogens is 2. The maximum absolute atomic E-state index is 11.9. The molecule has 0 radical (unpaired) electrons. The summed E-state index contributed by atoms with van der Waals surface area (Å²) in [7, 11) is 0. The van der Waals surface area contributed by atoms with Gasteiger partial charge in [0, 0.05) is 55.4 Å². The summed E-state index contributed by atoms with van der Waals surface area (Å²) < 4.78 is 4.40. The smallest absolute Gasteiger partial charge is 0.328 e. The lowest BCUT2D eigenvalue weighted by molar-refractivity contribution is -0.132. The van der Waals surface area contributed by atoms with Gasteiger partial charge in [-0.3, -0.25) is 4.79 Å². The van der Waals surface area contributed by atoms with Gasteiger partial charge < -0.3 is 14.9 Å². The lowest BCUT2D eigenvalue weighted by Crippen LogP contribution is -2.48. The van der Waals surface area contributed by atoms with E-state index in [-0.39, 0.29) is 5.91 Å². The van der Waals surface area contributed by atoms with Crippen LogP contribution in [0, 0.1) is 0 Å². The minimum absolute atomic E-state index is 0.278. The summed E-state index contributed by atoms with van der Waals surface area (Å²) in [4.78, 5) is 30.6. The zero-order chi connectivity index (χ0) is 16.9. The molecule has 1 fully saturated rings. The Labute approximate surface area is 143 Å². The van der Waals surface area contributed by atoms with Crippen molar-refractivity contribution in [1.29, 1.82) is 0 Å². The number of benzene rings is 1. The number of anilines is 1. The van der Waals surface area contributed by atoms with Crippen LogP contribution in [-0.2, 0) is 9.59 Å². The first kappa shape index (κ1) is 16.1. The van der Waals surface area contributed by atoms with Crippen molar-refractivity contribution in [1.82, 2.24) is 14.3 Å². The van der Waals surface area contributed by atoms with Crippen LogP contribution in [0.1, 0.15) is 0 Å². The van der Waals surface area contributed by atoms with Gasteiger partial charge in [-0.15, -0.1) is 0 Å². The van der Waals surface area contributed by atoms with Crippen molar-refractivity contribution in [2.45, 2.75) is 0 Å². The molecule has 3 rings (SSSR count). The molecule has 1 N–H and O–H groups in total. The van der Waals surface area contributed by atoms with Crippen molar-refractivity contribution >= 4 is 28.5 Å². The van der Waals surface area contributed by atoms with Crippen LogP contribution in [0.4, 0.5) is 5.13 Å². The number of rotatable bonds is 4. The molecule has 0 unspecified atom stereocenters. The van der Waals surface area contributed by atoms with E-state index in [4.69, 9.17) is 5.11 Å². The summed E-state index contributed by atoms with van der Waals surface area (Å²) in [5, 5.41) is 9.40. The molecule has 2 heterocycles. The molecular weight excluding hydrogens is 328 g/mol. The number of carbonyl (C=O) groups is 2. The van der Waals surface area contributed by atoms with E-state index in [0.29, 0.717) is 32.0 Å². The third-order valence-electron chi connectivity index (χ3n) is 3.68. The van der Waals surface area contributed by atoms with Gasteiger partial charge in [-0.2, -0.15) is 9.36 Å². The standard InChI is InChI=1S/C16H16N4O3S/c21-13(6-7-14(22)23)19-8-10-20(11-9-19)16-17-15(18-24-16)12-4-2-1-3-5-12/h1-7H,8-11H2,(H,22,23)/b7-6-. The second kappa shape index (κ2) is 7.22. The van der Waals surface area contributed by atoms with E-state index in [0.717, 1.165) is 22.8 Å². The number of amides is 1. The van der Waals surface area contributed by atoms with E-state index in [2.05, 4.69) is 14.3 Å². The van der Waals surface area contributed by atoms with E-state index in [9.17, 15) is 9.59 Å². The van der Waals surface area contributed by atoms with Crippen LogP contribution in [0.15, 0.2) is 42.5 Å². The molecule has 1 aliphatic heterocycles. The van der Waals surface area contributed by atoms with E-state index in [1.807, 2.05) is 30.3 Å². The van der Waals surface area contributed by atoms with E-state index in [1.54, 1.807) is 4.90 Å². The van der Waals surface area contributed by atoms with Gasteiger partial charge in [-0.1, -0.05) is 30.3 Å². The Bertz CT molecular complexity index is 752. The minimum Gasteiger partial charge on any atom is -0.478 e. The Balaban J connectivity index is 1.60. The van der Waals surface area contributed by atoms with Crippen molar-refractivity contribution in [2.24, 2.45) is 0 Å². The fourth-order valence-corrected chi connectivity index (χ4v) is 3.15. The Morgan fingerprint density at radius 3 is 2.46 bits per heavy atom. The Morgan fingerprint density at radius 1 is 1.08 bits per heavy atom. The number of nitrogens with zero attached hydrogens (tertiary/aromatic N) is 4. The van der Waals surface area contributed by atoms with E-state index >= 15 is 0 Å². The van der Waals surface area contributed by atoms with Gasteiger partial charge in [-0.25, -0.2) is 4.79 Å². The average molecular weight is 344 g/mol. The van der Waals surface area contributed by atoms with E-state index in [1.165, 1.54) is 11.5 Å². The molecule has 7 nitrogen and oxygen atoms in total. The SMILES string of the molecule is O=C(O)/C=C\C(=O)N1CCN(c2nc(-c3ccccc3)ns2)CC1. The second-order valence-corrected chi connectivity index (χ2v) is 5.98. The lowest BCUT2D eigenvalue weighted by Gasteiger charge is -2.33. The summed E-state index contributed by atoms with van der Waals surface area (Å²) in [5.41, 5.74) is 0.979. The zero-order valence-electron chi connectivity index (χ0n) is 12.8. The Kier molecular flexibility index (Phi) is 4.85. The quantitative estimate of drug-likeness (QED) is 0.846. The summed E-state index contributed by atoms with van der Waals surface area (Å²) in [6.45, 7) is 2.36. The minimum atomic E-state index is -1.12. The molecule has 0 aliphatic carbocycles. The molecule has 1 aliphatic rings. The van der Waals surface area contributed by atoms with Crippen LogP contribution in [0.25, 0.3) is 11.4 Å². The van der Waals surface area contributed by atoms with Crippen molar-refractivity contribution < 1.29 is 14.7 Å². The first-order valence-electron chi connectivity index (χ1n) is 7.47. The first-order chi connectivity index (χ1) is 11.6. The molecule has 1 aromatic heterocycles. The highest BCUT2D eigenvalue weighted by molar-refractivity contribution is 7.09. The fraction of sp³-hybridized carbons (Fsp3) is 0.250. The normalized spacial score (nSPS) is 15.0. The molecule has 1 amide bonds. The lowest BCUT2D eigenvalue weighted by atomic mass is 10.2. The Hall–Kier alpha value is -2.74. The molecule has 0 atom stereocenters. The summed E-state index contributed by atoms with van der Waals surface area (Å²) in [5.74, 6) is -0.693. The van der Waals surface area contributed by atoms with E-state index < -0.39 is 5.97 Å².